The first-order chi connectivity index (χ1) is 9.16. The number of thiophene rings is 1. The first kappa shape index (κ1) is 14.6. The van der Waals surface area contributed by atoms with Crippen LogP contribution in [0.5, 0.6) is 5.75 Å². The van der Waals surface area contributed by atoms with E-state index >= 15 is 0 Å². The first-order valence-electron chi connectivity index (χ1n) is 6.26. The van der Waals surface area contributed by atoms with Crippen molar-refractivity contribution in [3.05, 3.63) is 51.1 Å². The molecule has 0 fully saturated rings. The summed E-state index contributed by atoms with van der Waals surface area (Å²) in [5.41, 5.74) is 0. The molecule has 0 bridgehead atoms. The van der Waals surface area contributed by atoms with E-state index in [4.69, 9.17) is 4.74 Å². The summed E-state index contributed by atoms with van der Waals surface area (Å²) in [5.74, 6) is 0.902. The van der Waals surface area contributed by atoms with Gasteiger partial charge in [-0.25, -0.2) is 0 Å². The quantitative estimate of drug-likeness (QED) is 0.763. The molecule has 1 aromatic carbocycles. The fraction of sp³-hybridized carbons (Fsp3) is 0.333. The number of nitrogens with zero attached hydrogens (tertiary/aromatic N) is 1. The van der Waals surface area contributed by atoms with Gasteiger partial charge in [-0.05, 0) is 53.6 Å². The van der Waals surface area contributed by atoms with E-state index in [1.165, 1.54) is 4.88 Å². The normalized spacial score (nSPS) is 12.6. The molecule has 19 heavy (non-hydrogen) atoms. The van der Waals surface area contributed by atoms with E-state index in [2.05, 4.69) is 52.4 Å². The Morgan fingerprint density at radius 3 is 2.63 bits per heavy atom. The Hall–Kier alpha value is -0.840. The van der Waals surface area contributed by atoms with E-state index in [1.54, 1.807) is 11.3 Å². The van der Waals surface area contributed by atoms with E-state index < -0.39 is 0 Å². The average molecular weight is 340 g/mol. The summed E-state index contributed by atoms with van der Waals surface area (Å²) in [6.45, 7) is 1.01. The summed E-state index contributed by atoms with van der Waals surface area (Å²) in [4.78, 5) is 3.46. The van der Waals surface area contributed by atoms with Gasteiger partial charge >= 0.3 is 0 Å². The molecule has 0 radical (unpaired) electrons. The Bertz CT molecular complexity index is 499. The maximum absolute atomic E-state index is 6.18. The molecule has 0 saturated carbocycles. The largest absolute Gasteiger partial charge is 0.484 e. The highest BCUT2D eigenvalue weighted by Crippen LogP contribution is 2.32. The Balaban J connectivity index is 2.12. The molecular formula is C15H18BrNOS. The maximum atomic E-state index is 6.18. The summed E-state index contributed by atoms with van der Waals surface area (Å²) in [5, 5.41) is 2.10. The summed E-state index contributed by atoms with van der Waals surface area (Å²) < 4.78 is 7.18. The first-order valence-corrected chi connectivity index (χ1v) is 7.93. The van der Waals surface area contributed by atoms with Crippen molar-refractivity contribution in [3.8, 4) is 5.75 Å². The summed E-state index contributed by atoms with van der Waals surface area (Å²) in [7, 11) is 4.17. The van der Waals surface area contributed by atoms with Gasteiger partial charge in [0, 0.05) is 17.8 Å². The highest BCUT2D eigenvalue weighted by atomic mass is 79.9. The Labute approximate surface area is 127 Å². The van der Waals surface area contributed by atoms with Gasteiger partial charge in [-0.15, -0.1) is 11.3 Å². The van der Waals surface area contributed by atoms with Crippen molar-refractivity contribution in [1.29, 1.82) is 0 Å². The van der Waals surface area contributed by atoms with E-state index in [-0.39, 0.29) is 6.10 Å². The van der Waals surface area contributed by atoms with Crippen LogP contribution < -0.4 is 4.74 Å². The second-order valence-electron chi connectivity index (χ2n) is 4.64. The van der Waals surface area contributed by atoms with Gasteiger partial charge in [-0.2, -0.15) is 0 Å². The van der Waals surface area contributed by atoms with E-state index in [9.17, 15) is 0 Å². The Kier molecular flexibility index (Phi) is 5.43. The van der Waals surface area contributed by atoms with Crippen LogP contribution in [0.25, 0.3) is 0 Å². The number of ether oxygens (including phenoxy) is 1. The second kappa shape index (κ2) is 7.08. The zero-order chi connectivity index (χ0) is 13.7. The minimum Gasteiger partial charge on any atom is -0.484 e. The van der Waals surface area contributed by atoms with Crippen LogP contribution in [0.15, 0.2) is 46.3 Å². The second-order valence-corrected chi connectivity index (χ2v) is 6.48. The van der Waals surface area contributed by atoms with Crippen molar-refractivity contribution < 1.29 is 4.74 Å². The van der Waals surface area contributed by atoms with E-state index in [0.29, 0.717) is 0 Å². The zero-order valence-electron chi connectivity index (χ0n) is 11.2. The molecule has 0 aliphatic rings. The lowest BCUT2D eigenvalue weighted by molar-refractivity contribution is 0.182. The molecule has 4 heteroatoms. The average Bonchev–Trinajstić information content (AvgIpc) is 2.90. The third kappa shape index (κ3) is 4.34. The van der Waals surface area contributed by atoms with Crippen molar-refractivity contribution in [2.45, 2.75) is 12.5 Å². The highest BCUT2D eigenvalue weighted by molar-refractivity contribution is 9.10. The Morgan fingerprint density at radius 2 is 2.00 bits per heavy atom. The van der Waals surface area contributed by atoms with Gasteiger partial charge in [-0.1, -0.05) is 18.2 Å². The predicted octanol–water partition coefficient (Wildman–Crippen LogP) is 4.58. The molecule has 0 aliphatic heterocycles. The monoisotopic (exact) mass is 339 g/mol. The van der Waals surface area contributed by atoms with Gasteiger partial charge in [-0.3, -0.25) is 0 Å². The molecule has 1 heterocycles. The maximum Gasteiger partial charge on any atom is 0.134 e. The number of hydrogen-bond acceptors (Lipinski definition) is 3. The summed E-state index contributed by atoms with van der Waals surface area (Å²) >= 11 is 5.29. The van der Waals surface area contributed by atoms with Crippen LogP contribution in [0, 0.1) is 0 Å². The van der Waals surface area contributed by atoms with Crippen molar-refractivity contribution >= 4 is 27.3 Å². The fourth-order valence-corrected chi connectivity index (χ4v) is 2.97. The SMILES string of the molecule is CN(C)CCC(Oc1ccccc1Br)c1cccs1. The van der Waals surface area contributed by atoms with Crippen molar-refractivity contribution in [2.24, 2.45) is 0 Å². The van der Waals surface area contributed by atoms with Crippen LogP contribution >= 0.6 is 27.3 Å². The number of benzene rings is 1. The van der Waals surface area contributed by atoms with Gasteiger partial charge in [0.1, 0.15) is 11.9 Å². The van der Waals surface area contributed by atoms with Gasteiger partial charge in [0.25, 0.3) is 0 Å². The molecule has 102 valence electrons. The molecule has 1 unspecified atom stereocenters. The minimum atomic E-state index is 0.112. The van der Waals surface area contributed by atoms with Crippen LogP contribution in [0.3, 0.4) is 0 Å². The predicted molar refractivity (Wildman–Crippen MR) is 85.0 cm³/mol. The standard InChI is InChI=1S/C15H18BrNOS/c1-17(2)10-9-14(15-8-5-11-19-15)18-13-7-4-3-6-12(13)16/h3-8,11,14H,9-10H2,1-2H3. The molecule has 0 saturated heterocycles. The molecule has 0 N–H and O–H groups in total. The van der Waals surface area contributed by atoms with Crippen molar-refractivity contribution in [1.82, 2.24) is 4.90 Å². The number of para-hydroxylation sites is 1. The van der Waals surface area contributed by atoms with Crippen LogP contribution in [0.4, 0.5) is 0 Å². The zero-order valence-corrected chi connectivity index (χ0v) is 13.6. The number of hydrogen-bond donors (Lipinski definition) is 0. The fourth-order valence-electron chi connectivity index (χ4n) is 1.80. The van der Waals surface area contributed by atoms with Crippen LogP contribution in [0.2, 0.25) is 0 Å². The number of rotatable bonds is 6. The molecular weight excluding hydrogens is 322 g/mol. The third-order valence-corrected chi connectivity index (χ3v) is 4.42. The summed E-state index contributed by atoms with van der Waals surface area (Å²) in [6.07, 6.45) is 1.09. The van der Waals surface area contributed by atoms with E-state index in [0.717, 1.165) is 23.2 Å². The molecule has 2 aromatic rings. The third-order valence-electron chi connectivity index (χ3n) is 2.80. The molecule has 0 aliphatic carbocycles. The Morgan fingerprint density at radius 1 is 1.21 bits per heavy atom. The van der Waals surface area contributed by atoms with Crippen LogP contribution in [-0.2, 0) is 0 Å². The van der Waals surface area contributed by atoms with Crippen LogP contribution in [-0.4, -0.2) is 25.5 Å². The van der Waals surface area contributed by atoms with Gasteiger partial charge < -0.3 is 9.64 Å². The van der Waals surface area contributed by atoms with Crippen LogP contribution in [0.1, 0.15) is 17.4 Å². The lowest BCUT2D eigenvalue weighted by atomic mass is 10.2. The lowest BCUT2D eigenvalue weighted by Gasteiger charge is -2.20. The smallest absolute Gasteiger partial charge is 0.134 e. The molecule has 0 spiro atoms. The van der Waals surface area contributed by atoms with Gasteiger partial charge in [0.15, 0.2) is 0 Å². The molecule has 2 rings (SSSR count). The van der Waals surface area contributed by atoms with Crippen molar-refractivity contribution in [3.63, 3.8) is 0 Å². The molecule has 1 atom stereocenters. The topological polar surface area (TPSA) is 12.5 Å². The van der Waals surface area contributed by atoms with Gasteiger partial charge in [0.05, 0.1) is 4.47 Å². The highest BCUT2D eigenvalue weighted by Gasteiger charge is 2.16. The summed E-state index contributed by atoms with van der Waals surface area (Å²) in [6, 6.07) is 12.2. The lowest BCUT2D eigenvalue weighted by Crippen LogP contribution is -2.18. The van der Waals surface area contributed by atoms with Crippen molar-refractivity contribution in [2.75, 3.05) is 20.6 Å². The van der Waals surface area contributed by atoms with Gasteiger partial charge in [0.2, 0.25) is 0 Å². The molecule has 1 aromatic heterocycles. The van der Waals surface area contributed by atoms with E-state index in [1.807, 2.05) is 24.3 Å². The minimum absolute atomic E-state index is 0.112. The molecule has 2 nitrogen and oxygen atoms in total. The number of halogens is 1. The molecule has 0 amide bonds.